The van der Waals surface area contributed by atoms with E-state index in [2.05, 4.69) is 36.8 Å². The minimum atomic E-state index is -1.02. The molecule has 14 nitrogen and oxygen atoms in total. The molecule has 0 aliphatic heterocycles. The monoisotopic (exact) mass is 922 g/mol. The molecule has 0 aliphatic carbocycles. The Balaban J connectivity index is 1.45. The van der Waals surface area contributed by atoms with Gasteiger partial charge in [0.05, 0.1) is 11.1 Å². The van der Waals surface area contributed by atoms with E-state index in [1.807, 2.05) is 52.0 Å². The Bertz CT molecular complexity index is 2370. The zero-order valence-electron chi connectivity index (χ0n) is 38.2. The lowest BCUT2D eigenvalue weighted by atomic mass is 9.96. The second-order valence-electron chi connectivity index (χ2n) is 14.6. The fourth-order valence-electron chi connectivity index (χ4n) is 6.42. The van der Waals surface area contributed by atoms with Gasteiger partial charge < -0.3 is 47.4 Å². The average Bonchev–Trinajstić information content (AvgIpc) is 3.33. The molecule has 350 valence electrons. The molecular formula is C54H50O14. The lowest BCUT2D eigenvalue weighted by Gasteiger charge is -2.21. The highest BCUT2D eigenvalue weighted by Gasteiger charge is 2.23. The highest BCUT2D eigenvalue weighted by Crippen LogP contribution is 2.35. The van der Waals surface area contributed by atoms with Gasteiger partial charge in [-0.15, -0.1) is 25.7 Å². The van der Waals surface area contributed by atoms with Gasteiger partial charge in [0.25, 0.3) is 0 Å². The SMILES string of the molecule is C#CCOc1cc(OCC#C)cc(C(=O)OCC(COc2c(C)cc(-c3cc(C)c(OCC(COC(=O)c4cc(OCC#C)cc(OCC#C)c4)OC(=O)C=C)c(C)c3)cc2C)OC(=O)C=C)c1. The normalized spacial score (nSPS) is 11.0. The van der Waals surface area contributed by atoms with E-state index < -0.39 is 36.1 Å². The van der Waals surface area contributed by atoms with Gasteiger partial charge in [0.1, 0.15) is 87.4 Å². The molecule has 0 spiro atoms. The van der Waals surface area contributed by atoms with Gasteiger partial charge in [-0.2, -0.15) is 0 Å². The molecule has 4 aromatic rings. The summed E-state index contributed by atoms with van der Waals surface area (Å²) in [6, 6.07) is 16.6. The quantitative estimate of drug-likeness (QED) is 0.0282. The maximum absolute atomic E-state index is 13.2. The van der Waals surface area contributed by atoms with Gasteiger partial charge >= 0.3 is 23.9 Å². The number of rotatable bonds is 25. The maximum atomic E-state index is 13.2. The Kier molecular flexibility index (Phi) is 20.1. The summed E-state index contributed by atoms with van der Waals surface area (Å²) < 4.78 is 56.3. The second kappa shape index (κ2) is 26.3. The number of hydrogen-bond donors (Lipinski definition) is 0. The minimum Gasteiger partial charge on any atom is -0.489 e. The fourth-order valence-corrected chi connectivity index (χ4v) is 6.42. The van der Waals surface area contributed by atoms with Gasteiger partial charge in [-0.25, -0.2) is 19.2 Å². The van der Waals surface area contributed by atoms with Crippen molar-refractivity contribution in [2.45, 2.75) is 39.9 Å². The first-order chi connectivity index (χ1) is 32.7. The Hall–Kier alpha value is -8.72. The number of carbonyl (C=O) groups excluding carboxylic acids is 4. The van der Waals surface area contributed by atoms with Crippen LogP contribution in [0.2, 0.25) is 0 Å². The summed E-state index contributed by atoms with van der Waals surface area (Å²) in [5.41, 5.74) is 5.01. The number of esters is 4. The molecule has 0 saturated heterocycles. The van der Waals surface area contributed by atoms with Crippen molar-refractivity contribution in [3.63, 3.8) is 0 Å². The van der Waals surface area contributed by atoms with Crippen molar-refractivity contribution in [2.24, 2.45) is 0 Å². The van der Waals surface area contributed by atoms with Crippen molar-refractivity contribution >= 4 is 23.9 Å². The second-order valence-corrected chi connectivity index (χ2v) is 14.6. The van der Waals surface area contributed by atoms with E-state index in [-0.39, 0.29) is 87.0 Å². The standard InChI is InChI=1S/C54H50O14/c1-11-17-59-43-25-41(26-44(29-43)60-18-12-2)53(57)65-33-47(67-49(55)15-5)31-63-51-35(7)21-39(22-36(51)8)40-23-37(9)52(38(10)24-40)64-32-48(68-50(56)16-6)34-66-54(58)42-27-45(61-19-13-3)30-46(28-42)62-20-14-4/h1-4,15-16,21-30,47-48H,5-6,17-20,31-34H2,7-10H3. The summed E-state index contributed by atoms with van der Waals surface area (Å²) in [5, 5.41) is 0. The third-order valence-corrected chi connectivity index (χ3v) is 9.30. The molecule has 0 radical (unpaired) electrons. The first kappa shape index (κ1) is 51.9. The third kappa shape index (κ3) is 15.8. The summed E-state index contributed by atoms with van der Waals surface area (Å²) in [7, 11) is 0. The van der Waals surface area contributed by atoms with Gasteiger partial charge in [-0.05, 0) is 110 Å². The van der Waals surface area contributed by atoms with Crippen molar-refractivity contribution in [3.05, 3.63) is 119 Å². The van der Waals surface area contributed by atoms with Crippen molar-refractivity contribution in [1.82, 2.24) is 0 Å². The van der Waals surface area contributed by atoms with Crippen molar-refractivity contribution in [3.8, 4) is 95.0 Å². The molecular weight excluding hydrogens is 873 g/mol. The minimum absolute atomic E-state index is 0.0514. The van der Waals surface area contributed by atoms with E-state index >= 15 is 0 Å². The number of terminal acetylenes is 4. The highest BCUT2D eigenvalue weighted by molar-refractivity contribution is 5.91. The van der Waals surface area contributed by atoms with E-state index in [0.29, 0.717) is 11.5 Å². The van der Waals surface area contributed by atoms with Gasteiger partial charge in [-0.1, -0.05) is 36.8 Å². The molecule has 4 rings (SSSR count). The average molecular weight is 923 g/mol. The molecule has 14 heteroatoms. The van der Waals surface area contributed by atoms with Gasteiger partial charge in [0.2, 0.25) is 0 Å². The van der Waals surface area contributed by atoms with Crippen molar-refractivity contribution < 1.29 is 66.5 Å². The molecule has 0 aliphatic rings. The number of ether oxygens (including phenoxy) is 10. The molecule has 0 bridgehead atoms. The van der Waals surface area contributed by atoms with Crippen LogP contribution >= 0.6 is 0 Å². The van der Waals surface area contributed by atoms with Gasteiger partial charge in [0, 0.05) is 24.3 Å². The van der Waals surface area contributed by atoms with Crippen LogP contribution < -0.4 is 28.4 Å². The summed E-state index contributed by atoms with van der Waals surface area (Å²) in [6.07, 6.45) is 21.2. The summed E-state index contributed by atoms with van der Waals surface area (Å²) in [5.74, 6) is 8.53. The van der Waals surface area contributed by atoms with Crippen LogP contribution in [0.15, 0.2) is 86.0 Å². The van der Waals surface area contributed by atoms with Crippen LogP contribution in [0.3, 0.4) is 0 Å². The number of carbonyl (C=O) groups is 4. The molecule has 0 amide bonds. The number of aryl methyl sites for hydroxylation is 4. The number of benzene rings is 4. The Morgan fingerprint density at radius 2 is 0.765 bits per heavy atom. The summed E-state index contributed by atoms with van der Waals surface area (Å²) in [4.78, 5) is 50.9. The van der Waals surface area contributed by atoms with Gasteiger partial charge in [0.15, 0.2) is 12.2 Å². The molecule has 0 aromatic heterocycles. The Morgan fingerprint density at radius 3 is 1.03 bits per heavy atom. The third-order valence-electron chi connectivity index (χ3n) is 9.30. The van der Waals surface area contributed by atoms with E-state index in [4.69, 9.17) is 73.1 Å². The zero-order chi connectivity index (χ0) is 49.6. The van der Waals surface area contributed by atoms with Crippen molar-refractivity contribution in [2.75, 3.05) is 52.9 Å². The molecule has 2 unspecified atom stereocenters. The predicted octanol–water partition coefficient (Wildman–Crippen LogP) is 7.30. The fraction of sp³-hybridized carbons (Fsp3) is 0.259. The highest BCUT2D eigenvalue weighted by atomic mass is 16.6. The van der Waals surface area contributed by atoms with Crippen LogP contribution in [0.5, 0.6) is 34.5 Å². The van der Waals surface area contributed by atoms with Crippen LogP contribution in [0.25, 0.3) is 11.1 Å². The lowest BCUT2D eigenvalue weighted by molar-refractivity contribution is -0.147. The molecule has 4 aromatic carbocycles. The zero-order valence-corrected chi connectivity index (χ0v) is 38.2. The van der Waals surface area contributed by atoms with E-state index in [9.17, 15) is 19.2 Å². The van der Waals surface area contributed by atoms with Crippen molar-refractivity contribution in [1.29, 1.82) is 0 Å². The van der Waals surface area contributed by atoms with E-state index in [1.165, 1.54) is 36.4 Å². The first-order valence-electron chi connectivity index (χ1n) is 20.8. The summed E-state index contributed by atoms with van der Waals surface area (Å²) in [6.45, 7) is 13.2. The topological polar surface area (TPSA) is 161 Å². The molecule has 0 saturated carbocycles. The molecule has 0 fully saturated rings. The smallest absolute Gasteiger partial charge is 0.338 e. The van der Waals surface area contributed by atoms with Gasteiger partial charge in [-0.3, -0.25) is 0 Å². The van der Waals surface area contributed by atoms with Crippen LogP contribution in [-0.2, 0) is 28.5 Å². The van der Waals surface area contributed by atoms with Crippen LogP contribution in [0.4, 0.5) is 0 Å². The lowest BCUT2D eigenvalue weighted by Crippen LogP contribution is -2.30. The maximum Gasteiger partial charge on any atom is 0.338 e. The summed E-state index contributed by atoms with van der Waals surface area (Å²) >= 11 is 0. The molecule has 2 atom stereocenters. The largest absolute Gasteiger partial charge is 0.489 e. The van der Waals surface area contributed by atoms with Crippen LogP contribution in [-0.4, -0.2) is 88.9 Å². The van der Waals surface area contributed by atoms with E-state index in [0.717, 1.165) is 45.5 Å². The number of hydrogen-bond acceptors (Lipinski definition) is 14. The van der Waals surface area contributed by atoms with Crippen LogP contribution in [0, 0.1) is 77.1 Å². The molecule has 68 heavy (non-hydrogen) atoms. The molecule has 0 N–H and O–H groups in total. The first-order valence-corrected chi connectivity index (χ1v) is 20.8. The Morgan fingerprint density at radius 1 is 0.471 bits per heavy atom. The predicted molar refractivity (Wildman–Crippen MR) is 253 cm³/mol. The Labute approximate surface area is 396 Å². The molecule has 0 heterocycles. The van der Waals surface area contributed by atoms with E-state index in [1.54, 1.807) is 0 Å². The van der Waals surface area contributed by atoms with Crippen LogP contribution in [0.1, 0.15) is 43.0 Å².